The van der Waals surface area contributed by atoms with Crippen LogP contribution in [0.1, 0.15) is 71.6 Å². The van der Waals surface area contributed by atoms with Crippen molar-refractivity contribution in [3.63, 3.8) is 0 Å². The summed E-state index contributed by atoms with van der Waals surface area (Å²) in [5.41, 5.74) is 0. The lowest BCUT2D eigenvalue weighted by Crippen LogP contribution is -2.51. The maximum atomic E-state index is 11.7. The zero-order valence-electron chi connectivity index (χ0n) is 13.5. The third kappa shape index (κ3) is 10.1. The van der Waals surface area contributed by atoms with Gasteiger partial charge in [0.15, 0.2) is 0 Å². The maximum Gasteiger partial charge on any atom is 0.220 e. The Hall–Kier alpha value is -1.32. The average Bonchev–Trinajstić information content (AvgIpc) is 2.46. The summed E-state index contributed by atoms with van der Waals surface area (Å²) in [6.07, 6.45) is 10.6. The first-order valence-corrected chi connectivity index (χ1v) is 8.14. The molecular formula is C17H30NO3-. The minimum Gasteiger partial charge on any atom is -0.548 e. The van der Waals surface area contributed by atoms with Gasteiger partial charge in [-0.1, -0.05) is 52.0 Å². The van der Waals surface area contributed by atoms with Crippen LogP contribution in [0.2, 0.25) is 0 Å². The molecule has 0 aromatic rings. The Morgan fingerprint density at radius 3 is 2.24 bits per heavy atom. The minimum atomic E-state index is -1.19. The molecule has 122 valence electrons. The van der Waals surface area contributed by atoms with Crippen molar-refractivity contribution in [1.82, 2.24) is 5.32 Å². The number of hydrogen-bond donors (Lipinski definition) is 1. The normalized spacial score (nSPS) is 13.4. The zero-order chi connectivity index (χ0) is 16.1. The highest BCUT2D eigenvalue weighted by molar-refractivity contribution is 5.82. The number of amides is 1. The van der Waals surface area contributed by atoms with Gasteiger partial charge < -0.3 is 15.2 Å². The second-order valence-electron chi connectivity index (χ2n) is 5.70. The fourth-order valence-electron chi connectivity index (χ4n) is 2.20. The smallest absolute Gasteiger partial charge is 0.220 e. The molecule has 0 aliphatic rings. The van der Waals surface area contributed by atoms with E-state index in [4.69, 9.17) is 0 Å². The van der Waals surface area contributed by atoms with E-state index in [1.54, 1.807) is 0 Å². The lowest BCUT2D eigenvalue weighted by Gasteiger charge is -2.25. The molecule has 1 amide bonds. The predicted molar refractivity (Wildman–Crippen MR) is 83.5 cm³/mol. The Balaban J connectivity index is 3.74. The number of carboxylic acid groups (broad SMARTS) is 1. The van der Waals surface area contributed by atoms with Crippen LogP contribution in [0.3, 0.4) is 0 Å². The minimum absolute atomic E-state index is 0.108. The SMILES string of the molecule is C=CCCCCCCCCC(=O)N[C@H](C(=O)[O-])C(C)CC. The average molecular weight is 296 g/mol. The highest BCUT2D eigenvalue weighted by atomic mass is 16.4. The molecule has 0 rings (SSSR count). The summed E-state index contributed by atoms with van der Waals surface area (Å²) >= 11 is 0. The largest absolute Gasteiger partial charge is 0.548 e. The quantitative estimate of drug-likeness (QED) is 0.419. The number of carboxylic acids is 1. The number of carbonyl (C=O) groups is 2. The van der Waals surface area contributed by atoms with E-state index in [9.17, 15) is 14.7 Å². The molecule has 0 saturated carbocycles. The summed E-state index contributed by atoms with van der Waals surface area (Å²) < 4.78 is 0. The van der Waals surface area contributed by atoms with Gasteiger partial charge in [-0.25, -0.2) is 0 Å². The first kappa shape index (κ1) is 19.7. The first-order valence-electron chi connectivity index (χ1n) is 8.14. The summed E-state index contributed by atoms with van der Waals surface area (Å²) in [5.74, 6) is -1.49. The topological polar surface area (TPSA) is 69.2 Å². The summed E-state index contributed by atoms with van der Waals surface area (Å²) in [7, 11) is 0. The number of unbranched alkanes of at least 4 members (excludes halogenated alkanes) is 6. The summed E-state index contributed by atoms with van der Waals surface area (Å²) in [4.78, 5) is 22.7. The van der Waals surface area contributed by atoms with Gasteiger partial charge in [0.05, 0.1) is 12.0 Å². The number of hydrogen-bond acceptors (Lipinski definition) is 3. The second-order valence-corrected chi connectivity index (χ2v) is 5.70. The lowest BCUT2D eigenvalue weighted by atomic mass is 9.99. The number of rotatable bonds is 13. The summed E-state index contributed by atoms with van der Waals surface area (Å²) in [5, 5.41) is 13.6. The number of nitrogens with one attached hydrogen (secondary N) is 1. The Morgan fingerprint density at radius 1 is 1.14 bits per heavy atom. The van der Waals surface area contributed by atoms with Crippen molar-refractivity contribution in [1.29, 1.82) is 0 Å². The van der Waals surface area contributed by atoms with Crippen molar-refractivity contribution in [2.75, 3.05) is 0 Å². The van der Waals surface area contributed by atoms with E-state index in [1.807, 2.05) is 19.9 Å². The van der Waals surface area contributed by atoms with E-state index in [1.165, 1.54) is 19.3 Å². The van der Waals surface area contributed by atoms with Crippen molar-refractivity contribution >= 4 is 11.9 Å². The number of aliphatic carboxylic acids is 1. The Labute approximate surface area is 129 Å². The summed E-state index contributed by atoms with van der Waals surface area (Å²) in [6, 6.07) is -0.874. The highest BCUT2D eigenvalue weighted by Gasteiger charge is 2.18. The molecule has 0 bridgehead atoms. The van der Waals surface area contributed by atoms with Gasteiger partial charge in [0.25, 0.3) is 0 Å². The molecule has 1 unspecified atom stereocenters. The molecule has 2 atom stereocenters. The third-order valence-electron chi connectivity index (χ3n) is 3.85. The number of allylic oxidation sites excluding steroid dienone is 1. The van der Waals surface area contributed by atoms with Crippen molar-refractivity contribution < 1.29 is 14.7 Å². The van der Waals surface area contributed by atoms with E-state index in [-0.39, 0.29) is 11.8 Å². The molecule has 0 radical (unpaired) electrons. The molecule has 4 nitrogen and oxygen atoms in total. The van der Waals surface area contributed by atoms with Gasteiger partial charge in [-0.15, -0.1) is 6.58 Å². The van der Waals surface area contributed by atoms with Crippen molar-refractivity contribution in [2.45, 2.75) is 77.7 Å². The predicted octanol–water partition coefficient (Wildman–Crippen LogP) is 2.57. The van der Waals surface area contributed by atoms with Crippen molar-refractivity contribution in [3.05, 3.63) is 12.7 Å². The van der Waals surface area contributed by atoms with Crippen molar-refractivity contribution in [3.8, 4) is 0 Å². The molecule has 1 N–H and O–H groups in total. The first-order chi connectivity index (χ1) is 10.0. The van der Waals surface area contributed by atoms with Gasteiger partial charge >= 0.3 is 0 Å². The maximum absolute atomic E-state index is 11.7. The van der Waals surface area contributed by atoms with Crippen LogP contribution in [-0.4, -0.2) is 17.9 Å². The lowest BCUT2D eigenvalue weighted by molar-refractivity contribution is -0.309. The molecule has 0 saturated heterocycles. The third-order valence-corrected chi connectivity index (χ3v) is 3.85. The van der Waals surface area contributed by atoms with Crippen LogP contribution >= 0.6 is 0 Å². The molecule has 0 aromatic carbocycles. The molecule has 0 heterocycles. The molecule has 4 heteroatoms. The van der Waals surface area contributed by atoms with E-state index in [0.29, 0.717) is 12.8 Å². The van der Waals surface area contributed by atoms with Gasteiger partial charge in [0.2, 0.25) is 5.91 Å². The standard InChI is InChI=1S/C17H31NO3/c1-4-6-7-8-9-10-11-12-13-15(19)18-16(17(20)21)14(3)5-2/h4,14,16H,1,5-13H2,2-3H3,(H,18,19)(H,20,21)/p-1/t14?,16-/m0/s1. The van der Waals surface area contributed by atoms with Gasteiger partial charge in [-0.3, -0.25) is 4.79 Å². The van der Waals surface area contributed by atoms with Gasteiger partial charge in [0.1, 0.15) is 0 Å². The van der Waals surface area contributed by atoms with Gasteiger partial charge in [-0.2, -0.15) is 0 Å². The van der Waals surface area contributed by atoms with E-state index in [0.717, 1.165) is 25.7 Å². The number of carbonyl (C=O) groups excluding carboxylic acids is 2. The monoisotopic (exact) mass is 296 g/mol. The Bertz CT molecular complexity index is 315. The van der Waals surface area contributed by atoms with E-state index < -0.39 is 12.0 Å². The van der Waals surface area contributed by atoms with Crippen LogP contribution in [0, 0.1) is 5.92 Å². The van der Waals surface area contributed by atoms with Crippen molar-refractivity contribution in [2.24, 2.45) is 5.92 Å². The molecule has 0 fully saturated rings. The summed E-state index contributed by atoms with van der Waals surface area (Å²) in [6.45, 7) is 7.40. The van der Waals surface area contributed by atoms with Crippen LogP contribution in [-0.2, 0) is 9.59 Å². The molecule has 0 aliphatic carbocycles. The van der Waals surface area contributed by atoms with Crippen LogP contribution < -0.4 is 10.4 Å². The second kappa shape index (κ2) is 12.4. The molecule has 0 aliphatic heterocycles. The van der Waals surface area contributed by atoms with Crippen LogP contribution in [0.25, 0.3) is 0 Å². The van der Waals surface area contributed by atoms with Gasteiger partial charge in [-0.05, 0) is 25.2 Å². The van der Waals surface area contributed by atoms with Crippen LogP contribution in [0.15, 0.2) is 12.7 Å². The Kier molecular flexibility index (Phi) is 11.6. The van der Waals surface area contributed by atoms with Crippen LogP contribution in [0.5, 0.6) is 0 Å². The fourth-order valence-corrected chi connectivity index (χ4v) is 2.20. The fraction of sp³-hybridized carbons (Fsp3) is 0.765. The zero-order valence-corrected chi connectivity index (χ0v) is 13.5. The molecule has 0 aromatic heterocycles. The van der Waals surface area contributed by atoms with Gasteiger partial charge in [0, 0.05) is 6.42 Å². The van der Waals surface area contributed by atoms with E-state index in [2.05, 4.69) is 11.9 Å². The molecule has 21 heavy (non-hydrogen) atoms. The Morgan fingerprint density at radius 2 is 1.71 bits per heavy atom. The molecular weight excluding hydrogens is 266 g/mol. The highest BCUT2D eigenvalue weighted by Crippen LogP contribution is 2.10. The molecule has 0 spiro atoms. The van der Waals surface area contributed by atoms with E-state index >= 15 is 0 Å². The van der Waals surface area contributed by atoms with Crippen LogP contribution in [0.4, 0.5) is 0 Å².